The van der Waals surface area contributed by atoms with Gasteiger partial charge in [-0.15, -0.1) is 5.47 Å². The summed E-state index contributed by atoms with van der Waals surface area (Å²) in [6.45, 7) is 2.07. The Labute approximate surface area is 45.2 Å². The summed E-state index contributed by atoms with van der Waals surface area (Å²) in [5, 5.41) is 0. The molecule has 0 spiro atoms. The number of hydrogen-bond acceptors (Lipinski definition) is 0. The smallest absolute Gasteiger partial charge is 0.105 e. The lowest BCUT2D eigenvalue weighted by Gasteiger charge is -1.86. The van der Waals surface area contributed by atoms with Crippen molar-refractivity contribution in [1.29, 1.82) is 0 Å². The third-order valence-corrected chi connectivity index (χ3v) is 1.17. The first-order chi connectivity index (χ1) is 3.43. The van der Waals surface area contributed by atoms with Gasteiger partial charge in [0.1, 0.15) is 7.28 Å². The Kier molecular flexibility index (Phi) is 1.35. The van der Waals surface area contributed by atoms with Gasteiger partial charge >= 0.3 is 0 Å². The zero-order valence-corrected chi connectivity index (χ0v) is 4.52. The first-order valence-electron chi connectivity index (χ1n) is 2.58. The summed E-state index contributed by atoms with van der Waals surface area (Å²) in [4.78, 5) is 0. The van der Waals surface area contributed by atoms with Crippen LogP contribution in [0.15, 0.2) is 23.7 Å². The van der Waals surface area contributed by atoms with Crippen LogP contribution in [0, 0.1) is 0 Å². The van der Waals surface area contributed by atoms with E-state index in [2.05, 4.69) is 32.3 Å². The second-order valence-electron chi connectivity index (χ2n) is 1.66. The average Bonchev–Trinajstić information content (AvgIpc) is 2.14. The summed E-state index contributed by atoms with van der Waals surface area (Å²) in [6, 6.07) is 0. The molecule has 0 aromatic heterocycles. The maximum atomic E-state index is 2.16. The van der Waals surface area contributed by atoms with Crippen molar-refractivity contribution in [2.45, 2.75) is 13.2 Å². The van der Waals surface area contributed by atoms with Crippen LogP contribution in [0.1, 0.15) is 6.42 Å². The van der Waals surface area contributed by atoms with E-state index < -0.39 is 0 Å². The van der Waals surface area contributed by atoms with Crippen LogP contribution in [0.2, 0.25) is 6.82 Å². The lowest BCUT2D eigenvalue weighted by Crippen LogP contribution is -1.83. The molecule has 0 bridgehead atoms. The van der Waals surface area contributed by atoms with Crippen LogP contribution in [0.25, 0.3) is 0 Å². The Morgan fingerprint density at radius 3 is 2.86 bits per heavy atom. The van der Waals surface area contributed by atoms with E-state index in [1.165, 1.54) is 5.47 Å². The van der Waals surface area contributed by atoms with Crippen molar-refractivity contribution in [2.75, 3.05) is 0 Å². The van der Waals surface area contributed by atoms with Gasteiger partial charge in [0.15, 0.2) is 0 Å². The van der Waals surface area contributed by atoms with Gasteiger partial charge in [-0.05, 0) is 6.42 Å². The van der Waals surface area contributed by atoms with Gasteiger partial charge in [-0.25, -0.2) is 0 Å². The first kappa shape index (κ1) is 4.70. The van der Waals surface area contributed by atoms with Crippen LogP contribution in [-0.2, 0) is 0 Å². The standard InChI is InChI=1S/C6H8B/c1-7-6-4-2-3-5-6/h2-4H,5H2,1H3. The minimum atomic E-state index is 1.14. The molecule has 0 unspecified atom stereocenters. The third-order valence-electron chi connectivity index (χ3n) is 1.17. The first-order valence-corrected chi connectivity index (χ1v) is 2.58. The highest BCUT2D eigenvalue weighted by Crippen LogP contribution is 2.06. The van der Waals surface area contributed by atoms with Crippen molar-refractivity contribution in [3.05, 3.63) is 23.7 Å². The molecule has 0 heterocycles. The quantitative estimate of drug-likeness (QED) is 0.429. The molecule has 1 aliphatic rings. The maximum Gasteiger partial charge on any atom is 0.142 e. The molecule has 0 saturated heterocycles. The maximum absolute atomic E-state index is 2.16. The van der Waals surface area contributed by atoms with Gasteiger partial charge in [0.05, 0.1) is 0 Å². The molecule has 1 heteroatoms. The van der Waals surface area contributed by atoms with Gasteiger partial charge < -0.3 is 0 Å². The van der Waals surface area contributed by atoms with Crippen molar-refractivity contribution < 1.29 is 0 Å². The van der Waals surface area contributed by atoms with Crippen molar-refractivity contribution in [3.63, 3.8) is 0 Å². The predicted octanol–water partition coefficient (Wildman–Crippen LogP) is 1.58. The highest BCUT2D eigenvalue weighted by Gasteiger charge is 1.93. The largest absolute Gasteiger partial charge is 0.142 e. The van der Waals surface area contributed by atoms with Gasteiger partial charge in [0.25, 0.3) is 0 Å². The highest BCUT2D eigenvalue weighted by atomic mass is 13.9. The minimum Gasteiger partial charge on any atom is -0.105 e. The molecule has 0 amide bonds. The summed E-state index contributed by atoms with van der Waals surface area (Å²) in [5.74, 6) is 0. The fraction of sp³-hybridized carbons (Fsp3) is 0.333. The molecule has 0 aromatic rings. The SMILES string of the molecule is C[B]C1=CC=CC1. The Hall–Kier alpha value is -0.455. The Bertz CT molecular complexity index is 111. The molecule has 0 saturated carbocycles. The Balaban J connectivity index is 2.45. The molecule has 0 N–H and O–H groups in total. The fourth-order valence-electron chi connectivity index (χ4n) is 0.678. The summed E-state index contributed by atoms with van der Waals surface area (Å²) < 4.78 is 0. The van der Waals surface area contributed by atoms with Gasteiger partial charge in [-0.2, -0.15) is 0 Å². The summed E-state index contributed by atoms with van der Waals surface area (Å²) >= 11 is 0. The molecular formula is C6H8B. The molecule has 35 valence electrons. The van der Waals surface area contributed by atoms with Crippen molar-refractivity contribution in [2.24, 2.45) is 0 Å². The Morgan fingerprint density at radius 1 is 1.71 bits per heavy atom. The normalized spacial score (nSPS) is 17.0. The van der Waals surface area contributed by atoms with Gasteiger partial charge in [0.2, 0.25) is 0 Å². The van der Waals surface area contributed by atoms with E-state index in [0.717, 1.165) is 6.42 Å². The monoisotopic (exact) mass is 91.1 g/mol. The van der Waals surface area contributed by atoms with E-state index >= 15 is 0 Å². The van der Waals surface area contributed by atoms with Crippen LogP contribution in [0.3, 0.4) is 0 Å². The molecule has 1 rings (SSSR count). The van der Waals surface area contributed by atoms with Crippen LogP contribution in [0.4, 0.5) is 0 Å². The van der Waals surface area contributed by atoms with E-state index in [-0.39, 0.29) is 0 Å². The number of hydrogen-bond donors (Lipinski definition) is 0. The number of allylic oxidation sites excluding steroid dienone is 4. The lowest BCUT2D eigenvalue weighted by atomic mass is 9.72. The molecule has 0 aliphatic heterocycles. The van der Waals surface area contributed by atoms with Crippen LogP contribution < -0.4 is 0 Å². The van der Waals surface area contributed by atoms with Crippen molar-refractivity contribution in [1.82, 2.24) is 0 Å². The molecular weight excluding hydrogens is 82.9 g/mol. The lowest BCUT2D eigenvalue weighted by molar-refractivity contribution is 1.40. The van der Waals surface area contributed by atoms with Gasteiger partial charge in [0, 0.05) is 0 Å². The average molecular weight is 90.9 g/mol. The van der Waals surface area contributed by atoms with E-state index in [1.807, 2.05) is 0 Å². The second kappa shape index (κ2) is 2.01. The molecule has 1 aliphatic carbocycles. The topological polar surface area (TPSA) is 0 Å². The van der Waals surface area contributed by atoms with E-state index in [4.69, 9.17) is 0 Å². The van der Waals surface area contributed by atoms with Crippen LogP contribution in [0.5, 0.6) is 0 Å². The zero-order chi connectivity index (χ0) is 5.11. The molecule has 7 heavy (non-hydrogen) atoms. The Morgan fingerprint density at radius 2 is 2.57 bits per heavy atom. The van der Waals surface area contributed by atoms with E-state index in [1.54, 1.807) is 0 Å². The van der Waals surface area contributed by atoms with Gasteiger partial charge in [-0.3, -0.25) is 0 Å². The third kappa shape index (κ3) is 0.954. The summed E-state index contributed by atoms with van der Waals surface area (Å²) in [6.07, 6.45) is 7.53. The van der Waals surface area contributed by atoms with Crippen LogP contribution in [-0.4, -0.2) is 7.28 Å². The molecule has 0 aromatic carbocycles. The summed E-state index contributed by atoms with van der Waals surface area (Å²) in [5.41, 5.74) is 1.43. The summed E-state index contributed by atoms with van der Waals surface area (Å²) in [7, 11) is 2.14. The van der Waals surface area contributed by atoms with Crippen molar-refractivity contribution in [3.8, 4) is 0 Å². The zero-order valence-electron chi connectivity index (χ0n) is 4.52. The second-order valence-corrected chi connectivity index (χ2v) is 1.66. The number of rotatable bonds is 1. The predicted molar refractivity (Wildman–Crippen MR) is 33.5 cm³/mol. The van der Waals surface area contributed by atoms with E-state index in [9.17, 15) is 0 Å². The molecule has 0 nitrogen and oxygen atoms in total. The molecule has 0 atom stereocenters. The fourth-order valence-corrected chi connectivity index (χ4v) is 0.678. The van der Waals surface area contributed by atoms with Crippen molar-refractivity contribution >= 4 is 7.28 Å². The van der Waals surface area contributed by atoms with E-state index in [0.29, 0.717) is 0 Å². The van der Waals surface area contributed by atoms with Gasteiger partial charge in [-0.1, -0.05) is 25.1 Å². The molecule has 0 fully saturated rings. The molecule has 1 radical (unpaired) electrons. The minimum absolute atomic E-state index is 1.14. The van der Waals surface area contributed by atoms with Crippen LogP contribution >= 0.6 is 0 Å². The highest BCUT2D eigenvalue weighted by molar-refractivity contribution is 6.43.